The molecule has 0 atom stereocenters. The number of H-pyrrole nitrogens is 1. The van der Waals surface area contributed by atoms with E-state index in [2.05, 4.69) is 16.9 Å². The quantitative estimate of drug-likeness (QED) is 0.685. The monoisotopic (exact) mass is 180 g/mol. The lowest BCUT2D eigenvalue weighted by Crippen LogP contribution is -1.85. The van der Waals surface area contributed by atoms with E-state index in [0.29, 0.717) is 4.84 Å². The van der Waals surface area contributed by atoms with Crippen molar-refractivity contribution in [1.29, 1.82) is 0 Å². The Morgan fingerprint density at radius 3 is 3.17 bits per heavy atom. The first-order valence-corrected chi connectivity index (χ1v) is 4.19. The molecule has 0 fully saturated rings. The van der Waals surface area contributed by atoms with Gasteiger partial charge < -0.3 is 4.42 Å². The van der Waals surface area contributed by atoms with E-state index in [1.165, 1.54) is 0 Å². The predicted octanol–water partition coefficient (Wildman–Crippen LogP) is 2.45. The Morgan fingerprint density at radius 2 is 2.42 bits per heavy atom. The summed E-state index contributed by atoms with van der Waals surface area (Å²) in [7, 11) is 0. The van der Waals surface area contributed by atoms with Crippen molar-refractivity contribution >= 4 is 23.4 Å². The Balaban J connectivity index is 2.74. The topological polar surface area (TPSA) is 41.8 Å². The third kappa shape index (κ3) is 1.14. The summed E-state index contributed by atoms with van der Waals surface area (Å²) in [5, 5.41) is 0. The van der Waals surface area contributed by atoms with Crippen LogP contribution in [0.1, 0.15) is 12.6 Å². The highest BCUT2D eigenvalue weighted by Crippen LogP contribution is 2.11. The van der Waals surface area contributed by atoms with Crippen molar-refractivity contribution in [3.8, 4) is 0 Å². The molecular formula is C8H8N2OS. The Kier molecular flexibility index (Phi) is 1.69. The molecular weight excluding hydrogens is 172 g/mol. The second-order valence-electron chi connectivity index (χ2n) is 2.52. The lowest BCUT2D eigenvalue weighted by atomic mass is 10.3. The number of fused-ring (bicyclic) bond motifs is 1. The lowest BCUT2D eigenvalue weighted by molar-refractivity contribution is 0.583. The summed E-state index contributed by atoms with van der Waals surface area (Å²) in [5.74, 6) is 0. The summed E-state index contributed by atoms with van der Waals surface area (Å²) >= 11 is 4.83. The number of pyridine rings is 1. The highest BCUT2D eigenvalue weighted by Gasteiger charge is 1.99. The minimum atomic E-state index is 0.380. The van der Waals surface area contributed by atoms with Gasteiger partial charge in [0.2, 0.25) is 0 Å². The summed E-state index contributed by atoms with van der Waals surface area (Å²) < 4.78 is 5.16. The molecule has 2 aromatic heterocycles. The van der Waals surface area contributed by atoms with Crippen LogP contribution < -0.4 is 0 Å². The molecule has 4 heteroatoms. The van der Waals surface area contributed by atoms with Crippen molar-refractivity contribution in [2.75, 3.05) is 0 Å². The van der Waals surface area contributed by atoms with Crippen molar-refractivity contribution in [2.45, 2.75) is 13.3 Å². The SMILES string of the molecule is CCc1ccc2oc(=S)[nH]c2n1. The van der Waals surface area contributed by atoms with Gasteiger partial charge in [0.15, 0.2) is 11.2 Å². The number of hydrogen-bond acceptors (Lipinski definition) is 3. The second kappa shape index (κ2) is 2.71. The molecule has 0 saturated carbocycles. The van der Waals surface area contributed by atoms with E-state index in [0.717, 1.165) is 23.3 Å². The van der Waals surface area contributed by atoms with E-state index >= 15 is 0 Å². The van der Waals surface area contributed by atoms with Crippen molar-refractivity contribution in [2.24, 2.45) is 0 Å². The first-order chi connectivity index (χ1) is 5.79. The van der Waals surface area contributed by atoms with Crippen molar-refractivity contribution in [1.82, 2.24) is 9.97 Å². The number of nitrogens with zero attached hydrogens (tertiary/aromatic N) is 1. The van der Waals surface area contributed by atoms with Crippen LogP contribution in [0, 0.1) is 4.84 Å². The van der Waals surface area contributed by atoms with E-state index in [4.69, 9.17) is 16.6 Å². The lowest BCUT2D eigenvalue weighted by Gasteiger charge is -1.92. The number of aryl methyl sites for hydroxylation is 1. The van der Waals surface area contributed by atoms with Gasteiger partial charge in [0.25, 0.3) is 4.84 Å². The van der Waals surface area contributed by atoms with E-state index in [1.807, 2.05) is 12.1 Å². The Hall–Kier alpha value is -1.16. The zero-order valence-electron chi connectivity index (χ0n) is 6.63. The molecule has 2 heterocycles. The van der Waals surface area contributed by atoms with E-state index in [-0.39, 0.29) is 0 Å². The van der Waals surface area contributed by atoms with Gasteiger partial charge in [-0.3, -0.25) is 4.98 Å². The average Bonchev–Trinajstić information content (AvgIpc) is 2.43. The van der Waals surface area contributed by atoms with E-state index < -0.39 is 0 Å². The fourth-order valence-corrected chi connectivity index (χ4v) is 1.26. The van der Waals surface area contributed by atoms with Crippen molar-refractivity contribution in [3.05, 3.63) is 22.7 Å². The fourth-order valence-electron chi connectivity index (χ4n) is 1.08. The van der Waals surface area contributed by atoms with Crippen LogP contribution in [0.3, 0.4) is 0 Å². The molecule has 0 unspecified atom stereocenters. The number of nitrogens with one attached hydrogen (secondary N) is 1. The molecule has 0 bridgehead atoms. The highest BCUT2D eigenvalue weighted by atomic mass is 32.1. The van der Waals surface area contributed by atoms with Crippen LogP contribution in [0.5, 0.6) is 0 Å². The van der Waals surface area contributed by atoms with Gasteiger partial charge in [-0.1, -0.05) is 6.92 Å². The van der Waals surface area contributed by atoms with Gasteiger partial charge in [0, 0.05) is 5.69 Å². The molecule has 2 aromatic rings. The highest BCUT2D eigenvalue weighted by molar-refractivity contribution is 7.71. The first-order valence-electron chi connectivity index (χ1n) is 3.78. The van der Waals surface area contributed by atoms with Crippen LogP contribution in [-0.2, 0) is 6.42 Å². The number of aromatic nitrogens is 2. The first kappa shape index (κ1) is 7.49. The van der Waals surface area contributed by atoms with E-state index in [9.17, 15) is 0 Å². The molecule has 0 amide bonds. The van der Waals surface area contributed by atoms with Crippen LogP contribution >= 0.6 is 12.2 Å². The summed E-state index contributed by atoms with van der Waals surface area (Å²) in [5.41, 5.74) is 2.49. The van der Waals surface area contributed by atoms with Gasteiger partial charge in [0.1, 0.15) is 0 Å². The minimum Gasteiger partial charge on any atom is -0.428 e. The van der Waals surface area contributed by atoms with Gasteiger partial charge in [-0.25, -0.2) is 4.98 Å². The molecule has 0 aliphatic carbocycles. The summed E-state index contributed by atoms with van der Waals surface area (Å²) in [6.07, 6.45) is 0.918. The Morgan fingerprint density at radius 1 is 1.58 bits per heavy atom. The Bertz CT molecular complexity index is 457. The third-order valence-corrected chi connectivity index (χ3v) is 1.89. The molecule has 3 nitrogen and oxygen atoms in total. The second-order valence-corrected chi connectivity index (χ2v) is 2.89. The van der Waals surface area contributed by atoms with E-state index in [1.54, 1.807) is 0 Å². The summed E-state index contributed by atoms with van der Waals surface area (Å²) in [6.45, 7) is 2.06. The van der Waals surface area contributed by atoms with Gasteiger partial charge in [-0.05, 0) is 30.8 Å². The molecule has 62 valence electrons. The zero-order valence-corrected chi connectivity index (χ0v) is 7.44. The predicted molar refractivity (Wildman–Crippen MR) is 48.6 cm³/mol. The molecule has 0 aliphatic rings. The summed E-state index contributed by atoms with van der Waals surface area (Å²) in [6, 6.07) is 3.82. The number of oxazole rings is 1. The maximum Gasteiger partial charge on any atom is 0.268 e. The van der Waals surface area contributed by atoms with Crippen LogP contribution in [0.15, 0.2) is 16.5 Å². The van der Waals surface area contributed by atoms with Crippen molar-refractivity contribution in [3.63, 3.8) is 0 Å². The fraction of sp³-hybridized carbons (Fsp3) is 0.250. The standard InChI is InChI=1S/C8H8N2OS/c1-2-5-3-4-6-7(9-5)10-8(12)11-6/h3-4H,2H2,1H3,(H,9,10,12). The van der Waals surface area contributed by atoms with Gasteiger partial charge >= 0.3 is 0 Å². The maximum absolute atomic E-state index is 5.16. The van der Waals surface area contributed by atoms with Crippen LogP contribution in [-0.4, -0.2) is 9.97 Å². The largest absolute Gasteiger partial charge is 0.428 e. The maximum atomic E-state index is 5.16. The molecule has 2 rings (SSSR count). The number of hydrogen-bond donors (Lipinski definition) is 1. The third-order valence-electron chi connectivity index (χ3n) is 1.70. The van der Waals surface area contributed by atoms with Crippen molar-refractivity contribution < 1.29 is 4.42 Å². The van der Waals surface area contributed by atoms with Crippen LogP contribution in [0.25, 0.3) is 11.2 Å². The molecule has 0 saturated heterocycles. The number of rotatable bonds is 1. The average molecular weight is 180 g/mol. The van der Waals surface area contributed by atoms with Gasteiger partial charge in [-0.15, -0.1) is 0 Å². The smallest absolute Gasteiger partial charge is 0.268 e. The molecule has 0 aromatic carbocycles. The minimum absolute atomic E-state index is 0.380. The molecule has 0 spiro atoms. The molecule has 0 aliphatic heterocycles. The molecule has 12 heavy (non-hydrogen) atoms. The number of aromatic amines is 1. The normalized spacial score (nSPS) is 10.8. The molecule has 0 radical (unpaired) electrons. The van der Waals surface area contributed by atoms with Crippen LogP contribution in [0.4, 0.5) is 0 Å². The molecule has 1 N–H and O–H groups in total. The zero-order chi connectivity index (χ0) is 8.55. The summed E-state index contributed by atoms with van der Waals surface area (Å²) in [4.78, 5) is 7.55. The van der Waals surface area contributed by atoms with Gasteiger partial charge in [-0.2, -0.15) is 0 Å². The van der Waals surface area contributed by atoms with Gasteiger partial charge in [0.05, 0.1) is 0 Å². The van der Waals surface area contributed by atoms with Crippen LogP contribution in [0.2, 0.25) is 0 Å². The Labute approximate surface area is 74.4 Å².